The van der Waals surface area contributed by atoms with Gasteiger partial charge in [0.15, 0.2) is 0 Å². The van der Waals surface area contributed by atoms with Crippen LogP contribution in [0, 0.1) is 5.41 Å². The van der Waals surface area contributed by atoms with Crippen LogP contribution in [0.15, 0.2) is 24.3 Å². The van der Waals surface area contributed by atoms with Gasteiger partial charge in [0.25, 0.3) is 0 Å². The van der Waals surface area contributed by atoms with Crippen LogP contribution in [0.3, 0.4) is 0 Å². The van der Waals surface area contributed by atoms with Gasteiger partial charge in [0.2, 0.25) is 0 Å². The van der Waals surface area contributed by atoms with Crippen molar-refractivity contribution in [2.24, 2.45) is 5.41 Å². The summed E-state index contributed by atoms with van der Waals surface area (Å²) in [5.41, 5.74) is -0.104. The van der Waals surface area contributed by atoms with Gasteiger partial charge in [-0.1, -0.05) is 32.9 Å². The summed E-state index contributed by atoms with van der Waals surface area (Å²) in [6, 6.07) is 5.02. The van der Waals surface area contributed by atoms with Crippen LogP contribution in [0.5, 0.6) is 0 Å². The molecule has 0 aliphatic carbocycles. The van der Waals surface area contributed by atoms with E-state index < -0.39 is 17.8 Å². The molecule has 0 bridgehead atoms. The number of nitrogens with one attached hydrogen (secondary N) is 1. The number of benzene rings is 1. The Balaban J connectivity index is 2.47. The molecule has 0 saturated carbocycles. The molecule has 5 heteroatoms. The van der Waals surface area contributed by atoms with E-state index in [1.807, 2.05) is 20.8 Å². The van der Waals surface area contributed by atoms with E-state index in [1.165, 1.54) is 12.1 Å². The molecule has 0 aliphatic rings. The van der Waals surface area contributed by atoms with E-state index >= 15 is 0 Å². The summed E-state index contributed by atoms with van der Waals surface area (Å²) in [5.74, 6) is 0. The summed E-state index contributed by atoms with van der Waals surface area (Å²) in [6.07, 6.45) is -4.80. The zero-order chi connectivity index (χ0) is 14.7. The Morgan fingerprint density at radius 3 is 2.05 bits per heavy atom. The van der Waals surface area contributed by atoms with Gasteiger partial charge in [-0.2, -0.15) is 13.2 Å². The highest BCUT2D eigenvalue weighted by Gasteiger charge is 2.29. The SMILES string of the molecule is CC(C)(C)C(O)CNCc1ccc(C(F)(F)F)cc1. The molecule has 19 heavy (non-hydrogen) atoms. The van der Waals surface area contributed by atoms with Crippen molar-refractivity contribution in [2.45, 2.75) is 39.6 Å². The lowest BCUT2D eigenvalue weighted by Crippen LogP contribution is -2.36. The average molecular weight is 275 g/mol. The van der Waals surface area contributed by atoms with Crippen molar-refractivity contribution < 1.29 is 18.3 Å². The van der Waals surface area contributed by atoms with Crippen molar-refractivity contribution in [3.05, 3.63) is 35.4 Å². The van der Waals surface area contributed by atoms with Crippen LogP contribution < -0.4 is 5.32 Å². The first-order valence-corrected chi connectivity index (χ1v) is 6.15. The van der Waals surface area contributed by atoms with Crippen molar-refractivity contribution in [2.75, 3.05) is 6.54 Å². The van der Waals surface area contributed by atoms with Crippen LogP contribution in [0.4, 0.5) is 13.2 Å². The maximum absolute atomic E-state index is 12.4. The van der Waals surface area contributed by atoms with E-state index in [2.05, 4.69) is 5.32 Å². The average Bonchev–Trinajstić information content (AvgIpc) is 2.27. The second-order valence-electron chi connectivity index (χ2n) is 5.71. The first-order valence-electron chi connectivity index (χ1n) is 6.15. The van der Waals surface area contributed by atoms with E-state index in [0.717, 1.165) is 17.7 Å². The second kappa shape index (κ2) is 5.92. The number of rotatable bonds is 4. The molecule has 1 unspecified atom stereocenters. The predicted octanol–water partition coefficient (Wildman–Crippen LogP) is 3.20. The Kier molecular flexibility index (Phi) is 4.98. The minimum absolute atomic E-state index is 0.215. The fraction of sp³-hybridized carbons (Fsp3) is 0.571. The quantitative estimate of drug-likeness (QED) is 0.884. The molecule has 0 aliphatic heterocycles. The number of hydrogen-bond donors (Lipinski definition) is 2. The smallest absolute Gasteiger partial charge is 0.391 e. The summed E-state index contributed by atoms with van der Waals surface area (Å²) in [4.78, 5) is 0. The third-order valence-corrected chi connectivity index (χ3v) is 2.95. The van der Waals surface area contributed by atoms with Gasteiger partial charge in [-0.3, -0.25) is 0 Å². The molecule has 1 aromatic carbocycles. The molecule has 0 aromatic heterocycles. The molecule has 0 saturated heterocycles. The van der Waals surface area contributed by atoms with E-state index in [9.17, 15) is 18.3 Å². The number of aliphatic hydroxyl groups is 1. The molecule has 1 rings (SSSR count). The third kappa shape index (κ3) is 5.20. The van der Waals surface area contributed by atoms with Gasteiger partial charge in [0.1, 0.15) is 0 Å². The predicted molar refractivity (Wildman–Crippen MR) is 68.6 cm³/mol. The van der Waals surface area contributed by atoms with E-state index in [0.29, 0.717) is 13.1 Å². The topological polar surface area (TPSA) is 32.3 Å². The monoisotopic (exact) mass is 275 g/mol. The first kappa shape index (κ1) is 16.0. The summed E-state index contributed by atoms with van der Waals surface area (Å²) >= 11 is 0. The number of halogens is 3. The van der Waals surface area contributed by atoms with Crippen molar-refractivity contribution in [1.29, 1.82) is 0 Å². The molecule has 0 heterocycles. The number of aliphatic hydroxyl groups excluding tert-OH is 1. The highest BCUT2D eigenvalue weighted by molar-refractivity contribution is 5.24. The summed E-state index contributed by atoms with van der Waals surface area (Å²) in [7, 11) is 0. The minimum Gasteiger partial charge on any atom is -0.391 e. The lowest BCUT2D eigenvalue weighted by atomic mass is 9.89. The normalized spacial score (nSPS) is 14.5. The summed E-state index contributed by atoms with van der Waals surface area (Å²) < 4.78 is 37.1. The standard InChI is InChI=1S/C14H20F3NO/c1-13(2,3)12(19)9-18-8-10-4-6-11(7-5-10)14(15,16)17/h4-7,12,18-19H,8-9H2,1-3H3. The maximum atomic E-state index is 12.4. The molecular formula is C14H20F3NO. The second-order valence-corrected chi connectivity index (χ2v) is 5.71. The minimum atomic E-state index is -4.30. The maximum Gasteiger partial charge on any atom is 0.416 e. The Morgan fingerprint density at radius 2 is 1.63 bits per heavy atom. The highest BCUT2D eigenvalue weighted by atomic mass is 19.4. The lowest BCUT2D eigenvalue weighted by molar-refractivity contribution is -0.137. The van der Waals surface area contributed by atoms with E-state index in [1.54, 1.807) is 0 Å². The molecule has 2 nitrogen and oxygen atoms in total. The molecule has 0 radical (unpaired) electrons. The molecule has 0 spiro atoms. The molecule has 2 N–H and O–H groups in total. The van der Waals surface area contributed by atoms with Crippen LogP contribution in [0.1, 0.15) is 31.9 Å². The van der Waals surface area contributed by atoms with Crippen molar-refractivity contribution >= 4 is 0 Å². The van der Waals surface area contributed by atoms with Gasteiger partial charge in [-0.15, -0.1) is 0 Å². The van der Waals surface area contributed by atoms with Crippen LogP contribution in [0.2, 0.25) is 0 Å². The summed E-state index contributed by atoms with van der Waals surface area (Å²) in [6.45, 7) is 6.63. The Labute approximate surface area is 111 Å². The fourth-order valence-electron chi connectivity index (χ4n) is 1.47. The Bertz CT molecular complexity index is 393. The number of alkyl halides is 3. The van der Waals surface area contributed by atoms with Gasteiger partial charge < -0.3 is 10.4 Å². The van der Waals surface area contributed by atoms with E-state index in [4.69, 9.17) is 0 Å². The zero-order valence-corrected chi connectivity index (χ0v) is 11.4. The van der Waals surface area contributed by atoms with Crippen molar-refractivity contribution in [3.63, 3.8) is 0 Å². The lowest BCUT2D eigenvalue weighted by Gasteiger charge is -2.26. The molecular weight excluding hydrogens is 255 g/mol. The van der Waals surface area contributed by atoms with Gasteiger partial charge >= 0.3 is 6.18 Å². The zero-order valence-electron chi connectivity index (χ0n) is 11.4. The number of hydrogen-bond acceptors (Lipinski definition) is 2. The molecule has 1 aromatic rings. The summed E-state index contributed by atoms with van der Waals surface area (Å²) in [5, 5.41) is 12.8. The van der Waals surface area contributed by atoms with Gasteiger partial charge in [-0.25, -0.2) is 0 Å². The van der Waals surface area contributed by atoms with Crippen LogP contribution in [-0.4, -0.2) is 17.8 Å². The fourth-order valence-corrected chi connectivity index (χ4v) is 1.47. The molecule has 0 amide bonds. The first-order chi connectivity index (χ1) is 8.60. The van der Waals surface area contributed by atoms with Gasteiger partial charge in [0.05, 0.1) is 11.7 Å². The Hall–Kier alpha value is -1.07. The third-order valence-electron chi connectivity index (χ3n) is 2.95. The van der Waals surface area contributed by atoms with Crippen LogP contribution >= 0.6 is 0 Å². The molecule has 0 fully saturated rings. The van der Waals surface area contributed by atoms with Crippen LogP contribution in [-0.2, 0) is 12.7 Å². The van der Waals surface area contributed by atoms with Crippen molar-refractivity contribution in [3.8, 4) is 0 Å². The van der Waals surface area contributed by atoms with Crippen LogP contribution in [0.25, 0.3) is 0 Å². The van der Waals surface area contributed by atoms with E-state index in [-0.39, 0.29) is 5.41 Å². The largest absolute Gasteiger partial charge is 0.416 e. The van der Waals surface area contributed by atoms with Gasteiger partial charge in [0, 0.05) is 13.1 Å². The molecule has 108 valence electrons. The Morgan fingerprint density at radius 1 is 1.11 bits per heavy atom. The van der Waals surface area contributed by atoms with Gasteiger partial charge in [-0.05, 0) is 23.1 Å². The molecule has 1 atom stereocenters. The highest BCUT2D eigenvalue weighted by Crippen LogP contribution is 2.29. The van der Waals surface area contributed by atoms with Crippen molar-refractivity contribution in [1.82, 2.24) is 5.32 Å².